The third-order valence-corrected chi connectivity index (χ3v) is 5.35. The summed E-state index contributed by atoms with van der Waals surface area (Å²) < 4.78 is 42.6. The number of halogens is 5. The summed E-state index contributed by atoms with van der Waals surface area (Å²) >= 11 is 7.81. The molecule has 0 spiro atoms. The maximum absolute atomic E-state index is 14.0. The highest BCUT2D eigenvalue weighted by Gasteiger charge is 2.62. The molecule has 0 radical (unpaired) electrons. The van der Waals surface area contributed by atoms with Crippen LogP contribution < -0.4 is 0 Å². The predicted molar refractivity (Wildman–Crippen MR) is 107 cm³/mol. The summed E-state index contributed by atoms with van der Waals surface area (Å²) in [5.74, 6) is 0. The zero-order valence-electron chi connectivity index (χ0n) is 14.4. The smallest absolute Gasteiger partial charge is 0.374 e. The fraction of sp³-hybridized carbons (Fsp3) is 0.278. The summed E-state index contributed by atoms with van der Waals surface area (Å²) in [7, 11) is 0. The lowest BCUT2D eigenvalue weighted by Gasteiger charge is -2.29. The molecule has 1 unspecified atom stereocenters. The average Bonchev–Trinajstić information content (AvgIpc) is 3.07. The molecule has 3 rings (SSSR count). The first-order chi connectivity index (χ1) is 13.1. The zero-order chi connectivity index (χ0) is 20.7. The maximum Gasteiger partial charge on any atom is 0.435 e. The molecule has 1 aliphatic rings. The van der Waals surface area contributed by atoms with Gasteiger partial charge < -0.3 is 4.84 Å². The van der Waals surface area contributed by atoms with Gasteiger partial charge in [-0.25, -0.2) is 0 Å². The Bertz CT molecular complexity index is 961. The summed E-state index contributed by atoms with van der Waals surface area (Å²) in [5.41, 5.74) is -2.35. The van der Waals surface area contributed by atoms with Gasteiger partial charge in [-0.2, -0.15) is 13.2 Å². The van der Waals surface area contributed by atoms with E-state index in [2.05, 4.69) is 5.16 Å². The van der Waals surface area contributed by atoms with E-state index in [0.29, 0.717) is 15.6 Å². The van der Waals surface area contributed by atoms with Gasteiger partial charge in [0.1, 0.15) is 0 Å². The molecular weight excluding hydrogens is 512 g/mol. The molecular formula is C18H13ClF3IN2O3. The van der Waals surface area contributed by atoms with Crippen molar-refractivity contribution in [3.8, 4) is 0 Å². The second-order valence-electron chi connectivity index (χ2n) is 6.24. The lowest BCUT2D eigenvalue weighted by Crippen LogP contribution is -2.42. The molecule has 0 fully saturated rings. The number of hydrogen-bond acceptors (Lipinski definition) is 4. The molecule has 1 heterocycles. The van der Waals surface area contributed by atoms with Crippen LogP contribution in [-0.2, 0) is 16.9 Å². The molecule has 148 valence electrons. The molecule has 2 aromatic carbocycles. The van der Waals surface area contributed by atoms with Crippen molar-refractivity contribution in [1.82, 2.24) is 0 Å². The monoisotopic (exact) mass is 524 g/mol. The molecule has 0 aliphatic carbocycles. The third kappa shape index (κ3) is 3.69. The molecule has 0 saturated carbocycles. The summed E-state index contributed by atoms with van der Waals surface area (Å²) in [5, 5.41) is 15.1. The highest BCUT2D eigenvalue weighted by Crippen LogP contribution is 2.49. The summed E-state index contributed by atoms with van der Waals surface area (Å²) in [6.07, 6.45) is -4.97. The molecule has 0 amide bonds. The topological polar surface area (TPSA) is 64.7 Å². The van der Waals surface area contributed by atoms with E-state index in [0.717, 1.165) is 0 Å². The van der Waals surface area contributed by atoms with Gasteiger partial charge in [0.25, 0.3) is 11.3 Å². The Hall–Kier alpha value is -1.88. The van der Waals surface area contributed by atoms with Crippen molar-refractivity contribution in [2.24, 2.45) is 5.16 Å². The SMILES string of the molecule is CCc1ccc(C2=NOC(c3cc(Cl)cc(I)c3)(C(F)(F)F)C2)cc1[N+](=O)[O-]. The molecule has 0 N–H and O–H groups in total. The van der Waals surface area contributed by atoms with E-state index in [9.17, 15) is 23.3 Å². The number of alkyl halides is 3. The molecule has 0 aromatic heterocycles. The van der Waals surface area contributed by atoms with Crippen molar-refractivity contribution in [3.05, 3.63) is 71.8 Å². The van der Waals surface area contributed by atoms with Crippen molar-refractivity contribution in [3.63, 3.8) is 0 Å². The maximum atomic E-state index is 14.0. The normalized spacial score (nSPS) is 19.3. The van der Waals surface area contributed by atoms with E-state index in [4.69, 9.17) is 16.4 Å². The largest absolute Gasteiger partial charge is 0.435 e. The Labute approximate surface area is 176 Å². The Morgan fingerprint density at radius 1 is 1.32 bits per heavy atom. The van der Waals surface area contributed by atoms with E-state index in [1.165, 1.54) is 36.4 Å². The number of benzene rings is 2. The van der Waals surface area contributed by atoms with Crippen LogP contribution in [0.15, 0.2) is 41.6 Å². The van der Waals surface area contributed by atoms with Crippen molar-refractivity contribution >= 4 is 45.6 Å². The second-order valence-corrected chi connectivity index (χ2v) is 7.93. The van der Waals surface area contributed by atoms with Crippen LogP contribution in [-0.4, -0.2) is 16.8 Å². The van der Waals surface area contributed by atoms with Crippen molar-refractivity contribution < 1.29 is 22.9 Å². The minimum Gasteiger partial charge on any atom is -0.374 e. The van der Waals surface area contributed by atoms with Crippen molar-refractivity contribution in [2.45, 2.75) is 31.5 Å². The number of oxime groups is 1. The van der Waals surface area contributed by atoms with Crippen LogP contribution in [0.2, 0.25) is 5.02 Å². The lowest BCUT2D eigenvalue weighted by atomic mass is 9.86. The first kappa shape index (κ1) is 20.8. The Balaban J connectivity index is 2.05. The molecule has 1 atom stereocenters. The van der Waals surface area contributed by atoms with Crippen LogP contribution >= 0.6 is 34.2 Å². The molecule has 28 heavy (non-hydrogen) atoms. The third-order valence-electron chi connectivity index (χ3n) is 4.51. The van der Waals surface area contributed by atoms with Gasteiger partial charge in [-0.1, -0.05) is 35.8 Å². The number of rotatable bonds is 4. The standard InChI is InChI=1S/C18H13ClF3IN2O3/c1-2-10-3-4-11(5-16(10)25(26)27)15-9-17(28-24-15,18(20,21)22)12-6-13(19)8-14(23)7-12/h3-8H,2,9H2,1H3. The number of aryl methyl sites for hydroxylation is 1. The van der Waals surface area contributed by atoms with Gasteiger partial charge in [-0.05, 0) is 47.2 Å². The molecule has 10 heteroatoms. The van der Waals surface area contributed by atoms with Crippen LogP contribution in [0, 0.1) is 13.7 Å². The predicted octanol–water partition coefficient (Wildman–Crippen LogP) is 6.00. The minimum atomic E-state index is -4.78. The van der Waals surface area contributed by atoms with Crippen LogP contribution in [0.3, 0.4) is 0 Å². The van der Waals surface area contributed by atoms with E-state index in [1.807, 2.05) is 22.6 Å². The summed E-state index contributed by atoms with van der Waals surface area (Å²) in [4.78, 5) is 15.7. The van der Waals surface area contributed by atoms with E-state index >= 15 is 0 Å². The first-order valence-electron chi connectivity index (χ1n) is 8.13. The Kier molecular flexibility index (Phi) is 5.59. The fourth-order valence-corrected chi connectivity index (χ4v) is 4.15. The van der Waals surface area contributed by atoms with Gasteiger partial charge in [-0.3, -0.25) is 10.1 Å². The molecule has 2 aromatic rings. The van der Waals surface area contributed by atoms with Gasteiger partial charge in [-0.15, -0.1) is 0 Å². The van der Waals surface area contributed by atoms with E-state index in [1.54, 1.807) is 6.92 Å². The molecule has 0 bridgehead atoms. The summed E-state index contributed by atoms with van der Waals surface area (Å²) in [6, 6.07) is 8.32. The van der Waals surface area contributed by atoms with Gasteiger partial charge in [0.15, 0.2) is 0 Å². The second kappa shape index (κ2) is 7.51. The van der Waals surface area contributed by atoms with Crippen LogP contribution in [0.25, 0.3) is 0 Å². The molecule has 1 aliphatic heterocycles. The number of nitrogens with zero attached hydrogens (tertiary/aromatic N) is 2. The average molecular weight is 525 g/mol. The van der Waals surface area contributed by atoms with Crippen LogP contribution in [0.4, 0.5) is 18.9 Å². The highest BCUT2D eigenvalue weighted by molar-refractivity contribution is 14.1. The lowest BCUT2D eigenvalue weighted by molar-refractivity contribution is -0.385. The van der Waals surface area contributed by atoms with Gasteiger partial charge >= 0.3 is 6.18 Å². The molecule has 5 nitrogen and oxygen atoms in total. The Morgan fingerprint density at radius 3 is 2.61 bits per heavy atom. The van der Waals surface area contributed by atoms with Crippen LogP contribution in [0.1, 0.15) is 30.0 Å². The minimum absolute atomic E-state index is 0.0157. The van der Waals surface area contributed by atoms with Gasteiger partial charge in [0, 0.05) is 37.8 Å². The quantitative estimate of drug-likeness (QED) is 0.280. The zero-order valence-corrected chi connectivity index (χ0v) is 17.3. The van der Waals surface area contributed by atoms with Crippen LogP contribution in [0.5, 0.6) is 0 Å². The van der Waals surface area contributed by atoms with Gasteiger partial charge in [0.05, 0.1) is 10.6 Å². The van der Waals surface area contributed by atoms with Gasteiger partial charge in [0.2, 0.25) is 0 Å². The number of nitro groups is 1. The number of nitro benzene ring substituents is 1. The Morgan fingerprint density at radius 2 is 2.04 bits per heavy atom. The molecule has 0 saturated heterocycles. The van der Waals surface area contributed by atoms with E-state index in [-0.39, 0.29) is 27.5 Å². The van der Waals surface area contributed by atoms with E-state index < -0.39 is 23.1 Å². The fourth-order valence-electron chi connectivity index (χ4n) is 3.06. The summed E-state index contributed by atoms with van der Waals surface area (Å²) in [6.45, 7) is 1.76. The first-order valence-corrected chi connectivity index (χ1v) is 9.59. The number of hydrogen-bond donors (Lipinski definition) is 0. The van der Waals surface area contributed by atoms with Crippen molar-refractivity contribution in [2.75, 3.05) is 0 Å². The highest BCUT2D eigenvalue weighted by atomic mass is 127. The van der Waals surface area contributed by atoms with Crippen molar-refractivity contribution in [1.29, 1.82) is 0 Å².